The molecule has 8 heteroatoms. The van der Waals surface area contributed by atoms with Crippen molar-refractivity contribution in [2.24, 2.45) is 0 Å². The average molecular weight is 463 g/mol. The molecular weight excluding hydrogens is 444 g/mol. The van der Waals surface area contributed by atoms with Crippen LogP contribution >= 0.6 is 11.6 Å². The molecule has 0 saturated carbocycles. The van der Waals surface area contributed by atoms with Crippen LogP contribution in [0.1, 0.15) is 43.6 Å². The Morgan fingerprint density at radius 1 is 0.939 bits per heavy atom. The highest BCUT2D eigenvalue weighted by molar-refractivity contribution is 6.34. The largest absolute Gasteiger partial charge is 0.449 e. The number of benzene rings is 3. The monoisotopic (exact) mass is 462 g/mol. The van der Waals surface area contributed by atoms with E-state index in [1.165, 1.54) is 25.1 Å². The van der Waals surface area contributed by atoms with Crippen molar-refractivity contribution < 1.29 is 23.9 Å². The zero-order valence-electron chi connectivity index (χ0n) is 17.8. The molecule has 0 spiro atoms. The minimum Gasteiger partial charge on any atom is -0.449 e. The molecule has 0 bridgehead atoms. The molecule has 1 aliphatic heterocycles. The molecule has 4 rings (SSSR count). The highest BCUT2D eigenvalue weighted by Crippen LogP contribution is 2.29. The Kier molecular flexibility index (Phi) is 5.98. The predicted octanol–water partition coefficient (Wildman–Crippen LogP) is 4.63. The van der Waals surface area contributed by atoms with Crippen LogP contribution in [0.4, 0.5) is 11.4 Å². The van der Waals surface area contributed by atoms with Crippen molar-refractivity contribution in [1.29, 1.82) is 0 Å². The van der Waals surface area contributed by atoms with Crippen molar-refractivity contribution in [3.63, 3.8) is 0 Å². The van der Waals surface area contributed by atoms with E-state index >= 15 is 0 Å². The topological polar surface area (TPSA) is 92.8 Å². The van der Waals surface area contributed by atoms with Gasteiger partial charge in [-0.3, -0.25) is 14.4 Å². The molecule has 0 saturated heterocycles. The molecule has 1 atom stereocenters. The van der Waals surface area contributed by atoms with Gasteiger partial charge in [0, 0.05) is 10.7 Å². The Morgan fingerprint density at radius 3 is 2.27 bits per heavy atom. The van der Waals surface area contributed by atoms with Crippen LogP contribution < -0.4 is 10.2 Å². The number of anilines is 2. The van der Waals surface area contributed by atoms with E-state index in [4.69, 9.17) is 16.3 Å². The number of ether oxygens (including phenoxy) is 1. The summed E-state index contributed by atoms with van der Waals surface area (Å²) in [6.07, 6.45) is -1.10. The van der Waals surface area contributed by atoms with Gasteiger partial charge >= 0.3 is 5.97 Å². The van der Waals surface area contributed by atoms with Gasteiger partial charge in [0.15, 0.2) is 6.10 Å². The third-order valence-electron chi connectivity index (χ3n) is 5.24. The number of hydrogen-bond acceptors (Lipinski definition) is 5. The normalized spacial score (nSPS) is 13.5. The summed E-state index contributed by atoms with van der Waals surface area (Å²) in [5.74, 6) is -2.22. The Hall–Kier alpha value is -3.97. The van der Waals surface area contributed by atoms with Crippen LogP contribution in [0.3, 0.4) is 0 Å². The predicted molar refractivity (Wildman–Crippen MR) is 124 cm³/mol. The van der Waals surface area contributed by atoms with Crippen molar-refractivity contribution >= 4 is 46.7 Å². The van der Waals surface area contributed by atoms with Gasteiger partial charge in [-0.2, -0.15) is 0 Å². The number of rotatable bonds is 5. The maximum Gasteiger partial charge on any atom is 0.338 e. The molecular formula is C25H19ClN2O5. The fraction of sp³-hybridized carbons (Fsp3) is 0.120. The molecule has 166 valence electrons. The van der Waals surface area contributed by atoms with E-state index in [1.54, 1.807) is 48.5 Å². The smallest absolute Gasteiger partial charge is 0.338 e. The van der Waals surface area contributed by atoms with E-state index in [0.717, 1.165) is 10.5 Å². The molecule has 1 aliphatic rings. The molecule has 0 radical (unpaired) electrons. The number of imide groups is 1. The third kappa shape index (κ3) is 4.36. The minimum absolute atomic E-state index is 0.0997. The number of carbonyl (C=O) groups is 4. The van der Waals surface area contributed by atoms with Gasteiger partial charge in [-0.25, -0.2) is 9.69 Å². The summed E-state index contributed by atoms with van der Waals surface area (Å²) >= 11 is 5.97. The van der Waals surface area contributed by atoms with Crippen molar-refractivity contribution in [1.82, 2.24) is 0 Å². The van der Waals surface area contributed by atoms with Crippen LogP contribution in [0, 0.1) is 6.92 Å². The molecule has 1 unspecified atom stereocenters. The number of nitrogens with one attached hydrogen (secondary N) is 1. The van der Waals surface area contributed by atoms with E-state index in [0.29, 0.717) is 21.8 Å². The Morgan fingerprint density at radius 2 is 1.61 bits per heavy atom. The average Bonchev–Trinajstić information content (AvgIpc) is 3.06. The van der Waals surface area contributed by atoms with Crippen LogP contribution in [-0.4, -0.2) is 29.8 Å². The number of carbonyl (C=O) groups excluding carboxylic acids is 4. The number of fused-ring (bicyclic) bond motifs is 1. The Balaban J connectivity index is 1.48. The lowest BCUT2D eigenvalue weighted by molar-refractivity contribution is -0.123. The molecule has 0 fully saturated rings. The first-order chi connectivity index (χ1) is 15.8. The van der Waals surface area contributed by atoms with E-state index in [-0.39, 0.29) is 11.3 Å². The summed E-state index contributed by atoms with van der Waals surface area (Å²) in [5, 5.41) is 3.15. The van der Waals surface area contributed by atoms with Gasteiger partial charge in [0.1, 0.15) is 0 Å². The summed E-state index contributed by atoms with van der Waals surface area (Å²) in [7, 11) is 0. The number of aryl methyl sites for hydroxylation is 1. The molecule has 0 aromatic heterocycles. The van der Waals surface area contributed by atoms with Gasteiger partial charge < -0.3 is 10.1 Å². The maximum absolute atomic E-state index is 12.7. The first-order valence-corrected chi connectivity index (χ1v) is 10.5. The molecule has 3 aromatic rings. The van der Waals surface area contributed by atoms with Crippen molar-refractivity contribution in [3.8, 4) is 0 Å². The van der Waals surface area contributed by atoms with Gasteiger partial charge in [0.2, 0.25) is 0 Å². The maximum atomic E-state index is 12.7. The lowest BCUT2D eigenvalue weighted by atomic mass is 10.1. The van der Waals surface area contributed by atoms with Gasteiger partial charge in [-0.05, 0) is 61.9 Å². The van der Waals surface area contributed by atoms with Crippen LogP contribution in [-0.2, 0) is 9.53 Å². The fourth-order valence-electron chi connectivity index (χ4n) is 3.44. The summed E-state index contributed by atoms with van der Waals surface area (Å²) in [5.41, 5.74) is 2.27. The number of amides is 3. The SMILES string of the molecule is Cc1ccc(Cl)cc1NC(=O)C(C)OC(=O)c1cccc(N2C(=O)c3ccccc3C2=O)c1. The summed E-state index contributed by atoms with van der Waals surface area (Å²) in [4.78, 5) is 51.6. The number of hydrogen-bond donors (Lipinski definition) is 1. The molecule has 33 heavy (non-hydrogen) atoms. The summed E-state index contributed by atoms with van der Waals surface area (Å²) in [6.45, 7) is 3.26. The second-order valence-electron chi connectivity index (χ2n) is 7.54. The first kappa shape index (κ1) is 22.2. The van der Waals surface area contributed by atoms with Gasteiger partial charge in [0.05, 0.1) is 22.4 Å². The highest BCUT2D eigenvalue weighted by Gasteiger charge is 2.36. The lowest BCUT2D eigenvalue weighted by Crippen LogP contribution is -2.31. The second-order valence-corrected chi connectivity index (χ2v) is 7.97. The number of halogens is 1. The Labute approximate surface area is 194 Å². The van der Waals surface area contributed by atoms with E-state index in [2.05, 4.69) is 5.32 Å². The molecule has 1 heterocycles. The second kappa shape index (κ2) is 8.88. The molecule has 7 nitrogen and oxygen atoms in total. The van der Waals surface area contributed by atoms with Crippen LogP contribution in [0.25, 0.3) is 0 Å². The van der Waals surface area contributed by atoms with E-state index in [1.807, 2.05) is 6.92 Å². The van der Waals surface area contributed by atoms with Crippen molar-refractivity contribution in [3.05, 3.63) is 94.0 Å². The molecule has 3 amide bonds. The van der Waals surface area contributed by atoms with Gasteiger partial charge in [-0.1, -0.05) is 35.9 Å². The van der Waals surface area contributed by atoms with Crippen molar-refractivity contribution in [2.45, 2.75) is 20.0 Å². The molecule has 0 aliphatic carbocycles. The summed E-state index contributed by atoms with van der Waals surface area (Å²) in [6, 6.07) is 17.5. The highest BCUT2D eigenvalue weighted by atomic mass is 35.5. The molecule has 1 N–H and O–H groups in total. The number of esters is 1. The molecule has 3 aromatic carbocycles. The van der Waals surface area contributed by atoms with Crippen LogP contribution in [0.15, 0.2) is 66.7 Å². The van der Waals surface area contributed by atoms with Crippen LogP contribution in [0.2, 0.25) is 5.02 Å². The Bertz CT molecular complexity index is 1270. The zero-order valence-corrected chi connectivity index (χ0v) is 18.6. The van der Waals surface area contributed by atoms with E-state index in [9.17, 15) is 19.2 Å². The third-order valence-corrected chi connectivity index (χ3v) is 5.48. The van der Waals surface area contributed by atoms with Gasteiger partial charge in [0.25, 0.3) is 17.7 Å². The number of nitrogens with zero attached hydrogens (tertiary/aromatic N) is 1. The quantitative estimate of drug-likeness (QED) is 0.440. The lowest BCUT2D eigenvalue weighted by Gasteiger charge is -2.17. The van der Waals surface area contributed by atoms with Gasteiger partial charge in [-0.15, -0.1) is 0 Å². The van der Waals surface area contributed by atoms with Crippen LogP contribution in [0.5, 0.6) is 0 Å². The fourth-order valence-corrected chi connectivity index (χ4v) is 3.61. The standard InChI is InChI=1S/C25H19ClN2O5/c1-14-10-11-17(26)13-21(14)27-22(29)15(2)33-25(32)16-6-5-7-18(12-16)28-23(30)19-8-3-4-9-20(19)24(28)31/h3-13,15H,1-2H3,(H,27,29). The summed E-state index contributed by atoms with van der Waals surface area (Å²) < 4.78 is 5.30. The first-order valence-electron chi connectivity index (χ1n) is 10.1. The van der Waals surface area contributed by atoms with E-state index < -0.39 is 29.8 Å². The van der Waals surface area contributed by atoms with Crippen molar-refractivity contribution in [2.75, 3.05) is 10.2 Å². The minimum atomic E-state index is -1.10. The zero-order chi connectivity index (χ0) is 23.7.